The van der Waals surface area contributed by atoms with Crippen molar-refractivity contribution in [1.29, 1.82) is 0 Å². The number of aliphatic hydroxyl groups is 1. The molecule has 3 rings (SSSR count). The largest absolute Gasteiger partial charge is 0.396 e. The van der Waals surface area contributed by atoms with Crippen LogP contribution in [0.1, 0.15) is 11.6 Å². The molecule has 142 valence electrons. The summed E-state index contributed by atoms with van der Waals surface area (Å²) >= 11 is 6.86. The molecular formula is C19H18ClNO4S2. The average Bonchev–Trinajstić information content (AvgIpc) is 3.13. The predicted molar refractivity (Wildman–Crippen MR) is 107 cm³/mol. The van der Waals surface area contributed by atoms with Crippen molar-refractivity contribution in [2.45, 2.75) is 10.9 Å². The van der Waals surface area contributed by atoms with Crippen LogP contribution in [0.2, 0.25) is 5.02 Å². The second kappa shape index (κ2) is 8.58. The van der Waals surface area contributed by atoms with Crippen LogP contribution in [0.25, 0.3) is 0 Å². The van der Waals surface area contributed by atoms with Gasteiger partial charge in [-0.3, -0.25) is 4.79 Å². The Balaban J connectivity index is 2.00. The molecule has 2 aromatic rings. The van der Waals surface area contributed by atoms with Gasteiger partial charge in [0.15, 0.2) is 0 Å². The van der Waals surface area contributed by atoms with Crippen LogP contribution < -0.4 is 0 Å². The number of halogens is 1. The highest BCUT2D eigenvalue weighted by Gasteiger charge is 2.40. The van der Waals surface area contributed by atoms with Gasteiger partial charge in [-0.2, -0.15) is 4.31 Å². The average molecular weight is 424 g/mol. The molecule has 1 aliphatic heterocycles. The van der Waals surface area contributed by atoms with Gasteiger partial charge in [0.2, 0.25) is 15.1 Å². The Hall–Kier alpha value is -1.64. The van der Waals surface area contributed by atoms with Crippen LogP contribution in [0, 0.1) is 0 Å². The lowest BCUT2D eigenvalue weighted by Crippen LogP contribution is -2.33. The molecular weight excluding hydrogens is 406 g/mol. The lowest BCUT2D eigenvalue weighted by molar-refractivity contribution is -0.108. The van der Waals surface area contributed by atoms with Crippen molar-refractivity contribution in [2.24, 2.45) is 0 Å². The van der Waals surface area contributed by atoms with Crippen molar-refractivity contribution in [1.82, 2.24) is 4.31 Å². The molecule has 0 bridgehead atoms. The predicted octanol–water partition coefficient (Wildman–Crippen LogP) is 3.26. The standard InChI is InChI=1S/C19H18ClNO4S2/c20-15-6-8-16(9-7-15)27(24,25)21-11-10-17(19(23)26-13-12-22)18(21)14-4-2-1-3-5-14/h1-10,18,22H,11-13H2/t18-/m1/s1. The zero-order valence-electron chi connectivity index (χ0n) is 14.3. The molecule has 1 heterocycles. The highest BCUT2D eigenvalue weighted by atomic mass is 35.5. The van der Waals surface area contributed by atoms with Gasteiger partial charge < -0.3 is 5.11 Å². The van der Waals surface area contributed by atoms with E-state index in [0.29, 0.717) is 10.6 Å². The molecule has 2 aromatic carbocycles. The normalized spacial score (nSPS) is 17.7. The van der Waals surface area contributed by atoms with Gasteiger partial charge in [0, 0.05) is 22.9 Å². The molecule has 0 amide bonds. The molecule has 0 fully saturated rings. The summed E-state index contributed by atoms with van der Waals surface area (Å²) in [7, 11) is -3.83. The van der Waals surface area contributed by atoms with Gasteiger partial charge in [0.05, 0.1) is 17.5 Å². The van der Waals surface area contributed by atoms with Crippen molar-refractivity contribution < 1.29 is 18.3 Å². The molecule has 0 saturated heterocycles. The Morgan fingerprint density at radius 1 is 1.15 bits per heavy atom. The Bertz CT molecular complexity index is 943. The first-order valence-corrected chi connectivity index (χ1v) is 11.1. The molecule has 1 N–H and O–H groups in total. The van der Waals surface area contributed by atoms with E-state index in [1.54, 1.807) is 18.2 Å². The summed E-state index contributed by atoms with van der Waals surface area (Å²) < 4.78 is 27.7. The molecule has 0 unspecified atom stereocenters. The maximum absolute atomic E-state index is 13.2. The Labute approximate surface area is 167 Å². The summed E-state index contributed by atoms with van der Waals surface area (Å²) in [6, 6.07) is 14.3. The van der Waals surface area contributed by atoms with Crippen LogP contribution in [0.5, 0.6) is 0 Å². The van der Waals surface area contributed by atoms with E-state index < -0.39 is 16.1 Å². The van der Waals surface area contributed by atoms with Gasteiger partial charge in [-0.05, 0) is 29.8 Å². The van der Waals surface area contributed by atoms with Gasteiger partial charge in [0.1, 0.15) is 0 Å². The quantitative estimate of drug-likeness (QED) is 0.771. The third-order valence-electron chi connectivity index (χ3n) is 4.17. The summed E-state index contributed by atoms with van der Waals surface area (Å²) in [5, 5.41) is 9.20. The van der Waals surface area contributed by atoms with E-state index in [2.05, 4.69) is 0 Å². The van der Waals surface area contributed by atoms with Gasteiger partial charge in [0.25, 0.3) is 0 Å². The highest BCUT2D eigenvalue weighted by Crippen LogP contribution is 2.39. The number of hydrogen-bond donors (Lipinski definition) is 1. The Morgan fingerprint density at radius 3 is 2.44 bits per heavy atom. The van der Waals surface area contributed by atoms with Crippen molar-refractivity contribution in [3.05, 3.63) is 76.8 Å². The number of rotatable bonds is 6. The first kappa shape index (κ1) is 20.1. The van der Waals surface area contributed by atoms with Crippen LogP contribution >= 0.6 is 23.4 Å². The molecule has 1 atom stereocenters. The number of thioether (sulfide) groups is 1. The van der Waals surface area contributed by atoms with Crippen LogP contribution in [0.15, 0.2) is 71.1 Å². The number of aliphatic hydroxyl groups excluding tert-OH is 1. The topological polar surface area (TPSA) is 74.7 Å². The van der Waals surface area contributed by atoms with E-state index in [0.717, 1.165) is 17.3 Å². The zero-order valence-corrected chi connectivity index (χ0v) is 16.7. The van der Waals surface area contributed by atoms with Gasteiger partial charge in [-0.15, -0.1) is 0 Å². The third-order valence-corrected chi connectivity index (χ3v) is 7.15. The smallest absolute Gasteiger partial charge is 0.244 e. The maximum Gasteiger partial charge on any atom is 0.244 e. The summed E-state index contributed by atoms with van der Waals surface area (Å²) in [5.74, 6) is 0.265. The molecule has 0 aliphatic carbocycles. The molecule has 0 aromatic heterocycles. The number of hydrogen-bond acceptors (Lipinski definition) is 5. The number of carbonyl (C=O) groups excluding carboxylic acids is 1. The summed E-state index contributed by atoms with van der Waals surface area (Å²) in [6.45, 7) is -0.0161. The maximum atomic E-state index is 13.2. The van der Waals surface area contributed by atoms with Crippen molar-refractivity contribution in [2.75, 3.05) is 18.9 Å². The van der Waals surface area contributed by atoms with Crippen molar-refractivity contribution in [3.8, 4) is 0 Å². The van der Waals surface area contributed by atoms with Gasteiger partial charge in [-0.1, -0.05) is 59.8 Å². The fourth-order valence-electron chi connectivity index (χ4n) is 2.94. The highest BCUT2D eigenvalue weighted by molar-refractivity contribution is 8.14. The summed E-state index contributed by atoms with van der Waals surface area (Å²) in [6.07, 6.45) is 1.65. The second-order valence-corrected chi connectivity index (χ2v) is 9.26. The number of carbonyl (C=O) groups is 1. The molecule has 27 heavy (non-hydrogen) atoms. The lowest BCUT2D eigenvalue weighted by Gasteiger charge is -2.26. The van der Waals surface area contributed by atoms with Crippen LogP contribution in [-0.4, -0.2) is 41.8 Å². The SMILES string of the molecule is O=C(SCCO)C1=CCN(S(=O)(=O)c2ccc(Cl)cc2)[C@@H]1c1ccccc1. The fraction of sp³-hybridized carbons (Fsp3) is 0.211. The van der Waals surface area contributed by atoms with E-state index >= 15 is 0 Å². The van der Waals surface area contributed by atoms with E-state index in [1.165, 1.54) is 28.6 Å². The fourth-order valence-corrected chi connectivity index (χ4v) is 5.24. The van der Waals surface area contributed by atoms with Gasteiger partial charge >= 0.3 is 0 Å². The Kier molecular flexibility index (Phi) is 6.39. The monoisotopic (exact) mass is 423 g/mol. The van der Waals surface area contributed by atoms with Crippen LogP contribution in [-0.2, 0) is 14.8 Å². The van der Waals surface area contributed by atoms with Gasteiger partial charge in [-0.25, -0.2) is 8.42 Å². The zero-order chi connectivity index (χ0) is 19.4. The minimum absolute atomic E-state index is 0.102. The lowest BCUT2D eigenvalue weighted by atomic mass is 10.0. The van der Waals surface area contributed by atoms with E-state index in [-0.39, 0.29) is 28.9 Å². The van der Waals surface area contributed by atoms with Crippen molar-refractivity contribution >= 4 is 38.5 Å². The molecule has 0 spiro atoms. The Morgan fingerprint density at radius 2 is 1.81 bits per heavy atom. The molecule has 0 saturated carbocycles. The van der Waals surface area contributed by atoms with Crippen LogP contribution in [0.3, 0.4) is 0 Å². The third kappa shape index (κ3) is 4.28. The van der Waals surface area contributed by atoms with E-state index in [1.807, 2.05) is 18.2 Å². The first-order chi connectivity index (χ1) is 12.9. The van der Waals surface area contributed by atoms with Crippen LogP contribution in [0.4, 0.5) is 0 Å². The summed E-state index contributed by atoms with van der Waals surface area (Å²) in [4.78, 5) is 12.7. The first-order valence-electron chi connectivity index (χ1n) is 8.25. The minimum Gasteiger partial charge on any atom is -0.396 e. The number of nitrogens with zero attached hydrogens (tertiary/aromatic N) is 1. The minimum atomic E-state index is -3.83. The van der Waals surface area contributed by atoms with Crippen molar-refractivity contribution in [3.63, 3.8) is 0 Å². The van der Waals surface area contributed by atoms with E-state index in [9.17, 15) is 13.2 Å². The number of benzene rings is 2. The molecule has 8 heteroatoms. The second-order valence-electron chi connectivity index (χ2n) is 5.86. The number of sulfonamides is 1. The molecule has 5 nitrogen and oxygen atoms in total. The van der Waals surface area contributed by atoms with E-state index in [4.69, 9.17) is 16.7 Å². The molecule has 1 aliphatic rings. The summed E-state index contributed by atoms with van der Waals surface area (Å²) in [5.41, 5.74) is 1.13. The molecule has 0 radical (unpaired) electrons.